The summed E-state index contributed by atoms with van der Waals surface area (Å²) in [6, 6.07) is 3.85. The fourth-order valence-electron chi connectivity index (χ4n) is 2.47. The van der Waals surface area contributed by atoms with Crippen LogP contribution in [0.15, 0.2) is 18.2 Å². The van der Waals surface area contributed by atoms with Gasteiger partial charge in [0.25, 0.3) is 0 Å². The predicted octanol–water partition coefficient (Wildman–Crippen LogP) is 2.72. The second-order valence-corrected chi connectivity index (χ2v) is 6.50. The molecule has 0 amide bonds. The minimum absolute atomic E-state index is 0.0941. The third kappa shape index (κ3) is 2.96. The molecular formula is C15H20BFO5. The highest BCUT2D eigenvalue weighted by Crippen LogP contribution is 2.43. The average molecular weight is 310 g/mol. The Balaban J connectivity index is 2.43. The van der Waals surface area contributed by atoms with E-state index < -0.39 is 42.3 Å². The molecule has 1 fully saturated rings. The van der Waals surface area contributed by atoms with Crippen LogP contribution >= 0.6 is 0 Å². The van der Waals surface area contributed by atoms with E-state index in [1.165, 1.54) is 18.2 Å². The molecule has 1 heterocycles. The molecule has 0 bridgehead atoms. The lowest BCUT2D eigenvalue weighted by Crippen LogP contribution is -2.41. The van der Waals surface area contributed by atoms with Gasteiger partial charge in [-0.25, -0.2) is 4.39 Å². The first-order chi connectivity index (χ1) is 10.0. The number of phenolic OH excluding ortho intramolecular Hbond substituents is 1. The van der Waals surface area contributed by atoms with Crippen molar-refractivity contribution in [1.82, 2.24) is 0 Å². The summed E-state index contributed by atoms with van der Waals surface area (Å²) in [5.74, 6) is -3.05. The van der Waals surface area contributed by atoms with Crippen LogP contribution in [-0.4, -0.2) is 34.5 Å². The summed E-state index contributed by atoms with van der Waals surface area (Å²) in [5.41, 5.74) is -1.44. The highest BCUT2D eigenvalue weighted by atomic mass is 19.1. The number of carboxylic acids is 1. The van der Waals surface area contributed by atoms with Crippen molar-refractivity contribution in [2.45, 2.75) is 51.1 Å². The lowest BCUT2D eigenvalue weighted by Gasteiger charge is -2.32. The standard InChI is InChI=1S/C15H20BFO5/c1-14(2)15(3,4)22-16(21-14)9(8-12(19)20)13-10(17)6-5-7-11(13)18/h5-7,9,18H,8H2,1-4H3,(H,19,20). The number of aromatic hydroxyl groups is 1. The Hall–Kier alpha value is -1.60. The summed E-state index contributed by atoms with van der Waals surface area (Å²) in [5, 5.41) is 19.1. The van der Waals surface area contributed by atoms with Gasteiger partial charge in [0.1, 0.15) is 11.6 Å². The van der Waals surface area contributed by atoms with E-state index in [4.69, 9.17) is 14.4 Å². The number of rotatable bonds is 4. The van der Waals surface area contributed by atoms with Gasteiger partial charge < -0.3 is 19.5 Å². The summed E-state index contributed by atoms with van der Waals surface area (Å²) in [4.78, 5) is 11.2. The Morgan fingerprint density at radius 3 is 2.27 bits per heavy atom. The van der Waals surface area contributed by atoms with Crippen molar-refractivity contribution in [2.24, 2.45) is 0 Å². The maximum absolute atomic E-state index is 14.1. The minimum atomic E-state index is -1.12. The maximum Gasteiger partial charge on any atom is 0.466 e. The summed E-state index contributed by atoms with van der Waals surface area (Å²) in [7, 11) is -0.955. The molecule has 2 N–H and O–H groups in total. The number of carboxylic acid groups (broad SMARTS) is 1. The summed E-state index contributed by atoms with van der Waals surface area (Å²) >= 11 is 0. The van der Waals surface area contributed by atoms with Gasteiger partial charge in [0, 0.05) is 11.4 Å². The quantitative estimate of drug-likeness (QED) is 0.836. The minimum Gasteiger partial charge on any atom is -0.508 e. The Morgan fingerprint density at radius 2 is 1.82 bits per heavy atom. The zero-order valence-corrected chi connectivity index (χ0v) is 13.1. The summed E-state index contributed by atoms with van der Waals surface area (Å²) in [6.45, 7) is 7.30. The molecule has 1 aliphatic rings. The molecule has 0 saturated carbocycles. The van der Waals surface area contributed by atoms with Gasteiger partial charge in [-0.3, -0.25) is 4.79 Å². The first-order valence-corrected chi connectivity index (χ1v) is 7.10. The lowest BCUT2D eigenvalue weighted by atomic mass is 9.65. The van der Waals surface area contributed by atoms with E-state index >= 15 is 0 Å². The summed E-state index contributed by atoms with van der Waals surface area (Å²) < 4.78 is 25.8. The number of hydrogen-bond acceptors (Lipinski definition) is 4. The fourth-order valence-corrected chi connectivity index (χ4v) is 2.47. The van der Waals surface area contributed by atoms with Crippen LogP contribution in [-0.2, 0) is 14.1 Å². The molecule has 1 aliphatic heterocycles. The van der Waals surface area contributed by atoms with E-state index in [0.29, 0.717) is 0 Å². The zero-order valence-electron chi connectivity index (χ0n) is 13.1. The van der Waals surface area contributed by atoms with Gasteiger partial charge in [-0.15, -0.1) is 0 Å². The largest absolute Gasteiger partial charge is 0.508 e. The van der Waals surface area contributed by atoms with Crippen molar-refractivity contribution < 1.29 is 28.7 Å². The Kier molecular flexibility index (Phi) is 4.23. The number of halogens is 1. The predicted molar refractivity (Wildman–Crippen MR) is 79.1 cm³/mol. The number of carbonyl (C=O) groups is 1. The first kappa shape index (κ1) is 16.8. The Bertz CT molecular complexity index is 551. The molecule has 0 aliphatic carbocycles. The molecule has 1 unspecified atom stereocenters. The van der Waals surface area contributed by atoms with Crippen LogP contribution in [0.4, 0.5) is 4.39 Å². The molecule has 1 aromatic rings. The van der Waals surface area contributed by atoms with Gasteiger partial charge in [0.05, 0.1) is 17.6 Å². The topological polar surface area (TPSA) is 76.0 Å². The van der Waals surface area contributed by atoms with Crippen molar-refractivity contribution in [3.8, 4) is 5.75 Å². The van der Waals surface area contributed by atoms with Crippen LogP contribution in [0.1, 0.15) is 45.5 Å². The SMILES string of the molecule is CC1(C)OB(C(CC(=O)O)c2c(O)cccc2F)OC1(C)C. The van der Waals surface area contributed by atoms with E-state index in [2.05, 4.69) is 0 Å². The maximum atomic E-state index is 14.1. The first-order valence-electron chi connectivity index (χ1n) is 7.10. The molecule has 0 aromatic heterocycles. The average Bonchev–Trinajstić information content (AvgIpc) is 2.56. The normalized spacial score (nSPS) is 20.9. The van der Waals surface area contributed by atoms with E-state index in [1.54, 1.807) is 0 Å². The Labute approximate surface area is 129 Å². The highest BCUT2D eigenvalue weighted by molar-refractivity contribution is 6.48. The van der Waals surface area contributed by atoms with Crippen molar-refractivity contribution in [1.29, 1.82) is 0 Å². The fraction of sp³-hybridized carbons (Fsp3) is 0.533. The third-order valence-corrected chi connectivity index (χ3v) is 4.40. The highest BCUT2D eigenvalue weighted by Gasteiger charge is 2.55. The van der Waals surface area contributed by atoms with Crippen LogP contribution in [0.3, 0.4) is 0 Å². The number of benzene rings is 1. The molecule has 2 rings (SSSR count). The second kappa shape index (κ2) is 5.55. The van der Waals surface area contributed by atoms with Crippen molar-refractivity contribution in [3.05, 3.63) is 29.6 Å². The van der Waals surface area contributed by atoms with Crippen molar-refractivity contribution >= 4 is 13.1 Å². The van der Waals surface area contributed by atoms with Crippen LogP contribution < -0.4 is 0 Å². The number of aliphatic carboxylic acids is 1. The van der Waals surface area contributed by atoms with E-state index in [1.807, 2.05) is 27.7 Å². The zero-order chi connectivity index (χ0) is 16.7. The van der Waals surface area contributed by atoms with Crippen molar-refractivity contribution in [2.75, 3.05) is 0 Å². The molecule has 1 aromatic carbocycles. The monoisotopic (exact) mass is 310 g/mol. The number of phenols is 1. The third-order valence-electron chi connectivity index (χ3n) is 4.40. The molecule has 5 nitrogen and oxygen atoms in total. The van der Waals surface area contributed by atoms with E-state index in [-0.39, 0.29) is 11.3 Å². The van der Waals surface area contributed by atoms with Gasteiger partial charge in [-0.1, -0.05) is 6.07 Å². The second-order valence-electron chi connectivity index (χ2n) is 6.50. The van der Waals surface area contributed by atoms with Gasteiger partial charge in [-0.05, 0) is 39.8 Å². The van der Waals surface area contributed by atoms with Gasteiger partial charge >= 0.3 is 13.1 Å². The molecule has 1 saturated heterocycles. The van der Waals surface area contributed by atoms with E-state index in [0.717, 1.165) is 0 Å². The van der Waals surface area contributed by atoms with Gasteiger partial charge in [-0.2, -0.15) is 0 Å². The van der Waals surface area contributed by atoms with Crippen LogP contribution in [0.2, 0.25) is 0 Å². The van der Waals surface area contributed by atoms with Crippen LogP contribution in [0, 0.1) is 5.82 Å². The molecule has 0 radical (unpaired) electrons. The molecule has 120 valence electrons. The molecule has 7 heteroatoms. The Morgan fingerprint density at radius 1 is 1.27 bits per heavy atom. The van der Waals surface area contributed by atoms with Gasteiger partial charge in [0.2, 0.25) is 0 Å². The lowest BCUT2D eigenvalue weighted by molar-refractivity contribution is -0.137. The summed E-state index contributed by atoms with van der Waals surface area (Å²) in [6.07, 6.45) is -0.411. The van der Waals surface area contributed by atoms with Crippen LogP contribution in [0.25, 0.3) is 0 Å². The van der Waals surface area contributed by atoms with E-state index in [9.17, 15) is 14.3 Å². The molecule has 0 spiro atoms. The smallest absolute Gasteiger partial charge is 0.466 e. The molecule has 1 atom stereocenters. The molecular weight excluding hydrogens is 290 g/mol. The van der Waals surface area contributed by atoms with Gasteiger partial charge in [0.15, 0.2) is 0 Å². The number of hydrogen-bond donors (Lipinski definition) is 2. The van der Waals surface area contributed by atoms with Crippen LogP contribution in [0.5, 0.6) is 5.75 Å². The molecule has 22 heavy (non-hydrogen) atoms. The van der Waals surface area contributed by atoms with Crippen molar-refractivity contribution in [3.63, 3.8) is 0 Å².